The van der Waals surface area contributed by atoms with Gasteiger partial charge in [-0.1, -0.05) is 42.5 Å². The van der Waals surface area contributed by atoms with E-state index in [9.17, 15) is 14.0 Å². The third-order valence-electron chi connectivity index (χ3n) is 3.63. The zero-order chi connectivity index (χ0) is 17.4. The predicted molar refractivity (Wildman–Crippen MR) is 90.7 cm³/mol. The van der Waals surface area contributed by atoms with Gasteiger partial charge in [0.1, 0.15) is 5.82 Å². The Morgan fingerprint density at radius 2 is 1.67 bits per heavy atom. The lowest BCUT2D eigenvalue weighted by atomic mass is 10.1. The first-order valence-corrected chi connectivity index (χ1v) is 7.90. The molecule has 2 aromatic rings. The van der Waals surface area contributed by atoms with Crippen molar-refractivity contribution in [1.29, 1.82) is 0 Å². The Kier molecular flexibility index (Phi) is 6.49. The highest BCUT2D eigenvalue weighted by Gasteiger charge is 2.10. The van der Waals surface area contributed by atoms with Gasteiger partial charge in [0.2, 0.25) is 11.8 Å². The molecule has 1 atom stereocenters. The summed E-state index contributed by atoms with van der Waals surface area (Å²) in [7, 11) is 0. The monoisotopic (exact) mass is 328 g/mol. The van der Waals surface area contributed by atoms with E-state index in [4.69, 9.17) is 0 Å². The second kappa shape index (κ2) is 8.82. The van der Waals surface area contributed by atoms with Crippen molar-refractivity contribution in [1.82, 2.24) is 10.6 Å². The number of carbonyl (C=O) groups is 2. The molecular formula is C19H21FN2O2. The molecule has 0 bridgehead atoms. The summed E-state index contributed by atoms with van der Waals surface area (Å²) in [4.78, 5) is 23.7. The fourth-order valence-electron chi connectivity index (χ4n) is 2.31. The van der Waals surface area contributed by atoms with E-state index in [1.165, 1.54) is 12.1 Å². The van der Waals surface area contributed by atoms with Crippen molar-refractivity contribution in [2.45, 2.75) is 25.8 Å². The second-order valence-electron chi connectivity index (χ2n) is 5.60. The molecule has 2 rings (SSSR count). The number of benzene rings is 2. The standard InChI is InChI=1S/C19H21FN2O2/c1-14(16-7-9-17(20)10-8-16)22-18(23)11-12-21-19(24)13-15-5-3-2-4-6-15/h2-10,14H,11-13H2,1H3,(H,21,24)(H,22,23). The summed E-state index contributed by atoms with van der Waals surface area (Å²) in [5.41, 5.74) is 1.77. The van der Waals surface area contributed by atoms with E-state index in [1.54, 1.807) is 12.1 Å². The van der Waals surface area contributed by atoms with Gasteiger partial charge in [-0.3, -0.25) is 9.59 Å². The summed E-state index contributed by atoms with van der Waals surface area (Å²) >= 11 is 0. The van der Waals surface area contributed by atoms with E-state index in [1.807, 2.05) is 37.3 Å². The Balaban J connectivity index is 1.69. The highest BCUT2D eigenvalue weighted by Crippen LogP contribution is 2.12. The highest BCUT2D eigenvalue weighted by atomic mass is 19.1. The molecule has 4 nitrogen and oxygen atoms in total. The number of hydrogen-bond acceptors (Lipinski definition) is 2. The van der Waals surface area contributed by atoms with Crippen LogP contribution in [0.1, 0.15) is 30.5 Å². The Morgan fingerprint density at radius 3 is 2.33 bits per heavy atom. The molecule has 0 aromatic heterocycles. The molecule has 5 heteroatoms. The first-order chi connectivity index (χ1) is 11.5. The zero-order valence-corrected chi connectivity index (χ0v) is 13.6. The molecule has 126 valence electrons. The van der Waals surface area contributed by atoms with Gasteiger partial charge in [-0.15, -0.1) is 0 Å². The van der Waals surface area contributed by atoms with Crippen LogP contribution in [0, 0.1) is 5.82 Å². The second-order valence-corrected chi connectivity index (χ2v) is 5.60. The lowest BCUT2D eigenvalue weighted by Gasteiger charge is -2.14. The van der Waals surface area contributed by atoms with E-state index in [0.29, 0.717) is 6.42 Å². The molecule has 1 unspecified atom stereocenters. The summed E-state index contributed by atoms with van der Waals surface area (Å²) in [6.45, 7) is 2.12. The SMILES string of the molecule is CC(NC(=O)CCNC(=O)Cc1ccccc1)c1ccc(F)cc1. The van der Waals surface area contributed by atoms with Gasteiger partial charge in [0, 0.05) is 13.0 Å². The van der Waals surface area contributed by atoms with Gasteiger partial charge in [0.25, 0.3) is 0 Å². The van der Waals surface area contributed by atoms with Gasteiger partial charge >= 0.3 is 0 Å². The van der Waals surface area contributed by atoms with Crippen molar-refractivity contribution in [2.24, 2.45) is 0 Å². The van der Waals surface area contributed by atoms with Crippen LogP contribution < -0.4 is 10.6 Å². The van der Waals surface area contributed by atoms with Gasteiger partial charge in [-0.25, -0.2) is 4.39 Å². The maximum Gasteiger partial charge on any atom is 0.224 e. The Bertz CT molecular complexity index is 672. The number of carbonyl (C=O) groups excluding carboxylic acids is 2. The molecule has 0 saturated carbocycles. The first kappa shape index (κ1) is 17.7. The van der Waals surface area contributed by atoms with Crippen LogP contribution in [0.25, 0.3) is 0 Å². The van der Waals surface area contributed by atoms with Gasteiger partial charge < -0.3 is 10.6 Å². The minimum atomic E-state index is -0.307. The summed E-state index contributed by atoms with van der Waals surface area (Å²) in [6.07, 6.45) is 0.501. The number of nitrogens with one attached hydrogen (secondary N) is 2. The third-order valence-corrected chi connectivity index (χ3v) is 3.63. The van der Waals surface area contributed by atoms with E-state index >= 15 is 0 Å². The van der Waals surface area contributed by atoms with Crippen molar-refractivity contribution in [2.75, 3.05) is 6.54 Å². The molecule has 24 heavy (non-hydrogen) atoms. The van der Waals surface area contributed by atoms with E-state index < -0.39 is 0 Å². The van der Waals surface area contributed by atoms with Crippen LogP contribution >= 0.6 is 0 Å². The van der Waals surface area contributed by atoms with Gasteiger partial charge in [-0.2, -0.15) is 0 Å². The Morgan fingerprint density at radius 1 is 1.00 bits per heavy atom. The number of amides is 2. The maximum absolute atomic E-state index is 12.9. The fraction of sp³-hybridized carbons (Fsp3) is 0.263. The van der Waals surface area contributed by atoms with E-state index in [-0.39, 0.29) is 36.6 Å². The molecule has 2 N–H and O–H groups in total. The lowest BCUT2D eigenvalue weighted by molar-refractivity contribution is -0.122. The maximum atomic E-state index is 12.9. The minimum absolute atomic E-state index is 0.111. The van der Waals surface area contributed by atoms with Gasteiger partial charge in [0.15, 0.2) is 0 Å². The van der Waals surface area contributed by atoms with Crippen LogP contribution in [-0.4, -0.2) is 18.4 Å². The number of halogens is 1. The summed E-state index contributed by atoms with van der Waals surface area (Å²) in [5, 5.41) is 5.56. The van der Waals surface area contributed by atoms with Crippen LogP contribution in [-0.2, 0) is 16.0 Å². The molecule has 0 aliphatic carbocycles. The normalized spacial score (nSPS) is 11.6. The van der Waals surface area contributed by atoms with Crippen LogP contribution in [0.5, 0.6) is 0 Å². The molecule has 0 aliphatic rings. The van der Waals surface area contributed by atoms with E-state index in [0.717, 1.165) is 11.1 Å². The average molecular weight is 328 g/mol. The molecule has 0 radical (unpaired) electrons. The summed E-state index contributed by atoms with van der Waals surface area (Å²) in [5.74, 6) is -0.578. The Labute approximate surface area is 141 Å². The number of hydrogen-bond donors (Lipinski definition) is 2. The molecule has 2 aromatic carbocycles. The van der Waals surface area contributed by atoms with Gasteiger partial charge in [-0.05, 0) is 30.2 Å². The van der Waals surface area contributed by atoms with Crippen molar-refractivity contribution < 1.29 is 14.0 Å². The van der Waals surface area contributed by atoms with Gasteiger partial charge in [0.05, 0.1) is 12.5 Å². The van der Waals surface area contributed by atoms with Crippen molar-refractivity contribution in [3.8, 4) is 0 Å². The van der Waals surface area contributed by atoms with Crippen molar-refractivity contribution >= 4 is 11.8 Å². The van der Waals surface area contributed by atoms with Crippen LogP contribution in [0.3, 0.4) is 0 Å². The van der Waals surface area contributed by atoms with Crippen LogP contribution in [0.2, 0.25) is 0 Å². The summed E-state index contributed by atoms with van der Waals surface area (Å²) < 4.78 is 12.9. The quantitative estimate of drug-likeness (QED) is 0.821. The largest absolute Gasteiger partial charge is 0.355 e. The zero-order valence-electron chi connectivity index (χ0n) is 13.6. The van der Waals surface area contributed by atoms with Crippen LogP contribution in [0.15, 0.2) is 54.6 Å². The predicted octanol–water partition coefficient (Wildman–Crippen LogP) is 2.75. The van der Waals surface area contributed by atoms with Crippen molar-refractivity contribution in [3.63, 3.8) is 0 Å². The molecule has 0 fully saturated rings. The third kappa shape index (κ3) is 5.83. The fourth-order valence-corrected chi connectivity index (χ4v) is 2.31. The molecule has 0 spiro atoms. The smallest absolute Gasteiger partial charge is 0.224 e. The lowest BCUT2D eigenvalue weighted by Crippen LogP contribution is -2.32. The molecule has 0 heterocycles. The molecule has 0 saturated heterocycles. The average Bonchev–Trinajstić information content (AvgIpc) is 2.56. The Hall–Kier alpha value is -2.69. The van der Waals surface area contributed by atoms with Crippen molar-refractivity contribution in [3.05, 3.63) is 71.5 Å². The van der Waals surface area contributed by atoms with E-state index in [2.05, 4.69) is 10.6 Å². The number of rotatable bonds is 7. The first-order valence-electron chi connectivity index (χ1n) is 7.90. The summed E-state index contributed by atoms with van der Waals surface area (Å²) in [6, 6.07) is 15.2. The van der Waals surface area contributed by atoms with Crippen LogP contribution in [0.4, 0.5) is 4.39 Å². The molecule has 2 amide bonds. The topological polar surface area (TPSA) is 58.2 Å². The minimum Gasteiger partial charge on any atom is -0.355 e. The highest BCUT2D eigenvalue weighted by molar-refractivity contribution is 5.80. The molecule has 0 aliphatic heterocycles. The molecular weight excluding hydrogens is 307 g/mol.